The van der Waals surface area contributed by atoms with E-state index in [2.05, 4.69) is 5.32 Å². The van der Waals surface area contributed by atoms with Crippen LogP contribution in [0, 0.1) is 0 Å². The van der Waals surface area contributed by atoms with Crippen molar-refractivity contribution in [3.63, 3.8) is 0 Å². The summed E-state index contributed by atoms with van der Waals surface area (Å²) in [4.78, 5) is 22.7. The van der Waals surface area contributed by atoms with E-state index < -0.39 is 11.7 Å². The van der Waals surface area contributed by atoms with Crippen LogP contribution in [-0.2, 0) is 16.1 Å². The Labute approximate surface area is 106 Å². The SMILES string of the molecule is O=CC1(OC(=O)NCc2ccccc2)CCCC1. The first-order valence-electron chi connectivity index (χ1n) is 6.21. The molecule has 1 aliphatic carbocycles. The summed E-state index contributed by atoms with van der Waals surface area (Å²) >= 11 is 0. The van der Waals surface area contributed by atoms with Gasteiger partial charge in [0.2, 0.25) is 0 Å². The van der Waals surface area contributed by atoms with E-state index in [9.17, 15) is 9.59 Å². The lowest BCUT2D eigenvalue weighted by atomic mass is 10.1. The molecular weight excluding hydrogens is 230 g/mol. The van der Waals surface area contributed by atoms with E-state index in [0.29, 0.717) is 19.4 Å². The number of carbonyl (C=O) groups excluding carboxylic acids is 2. The molecule has 0 heterocycles. The highest BCUT2D eigenvalue weighted by molar-refractivity contribution is 5.73. The van der Waals surface area contributed by atoms with Crippen LogP contribution in [-0.4, -0.2) is 18.0 Å². The first-order valence-corrected chi connectivity index (χ1v) is 6.21. The standard InChI is InChI=1S/C14H17NO3/c16-11-14(8-4-5-9-14)18-13(17)15-10-12-6-2-1-3-7-12/h1-3,6-7,11H,4-5,8-10H2,(H,15,17). The minimum absolute atomic E-state index is 0.411. The molecule has 18 heavy (non-hydrogen) atoms. The molecule has 0 aromatic heterocycles. The maximum Gasteiger partial charge on any atom is 0.408 e. The molecule has 0 unspecified atom stereocenters. The molecule has 96 valence electrons. The number of alkyl carbamates (subject to hydrolysis) is 1. The summed E-state index contributed by atoms with van der Waals surface area (Å²) in [7, 11) is 0. The van der Waals surface area contributed by atoms with Crippen molar-refractivity contribution in [1.82, 2.24) is 5.32 Å². The lowest BCUT2D eigenvalue weighted by Gasteiger charge is -2.22. The summed E-state index contributed by atoms with van der Waals surface area (Å²) in [5, 5.41) is 2.66. The monoisotopic (exact) mass is 247 g/mol. The van der Waals surface area contributed by atoms with Crippen LogP contribution in [0.3, 0.4) is 0 Å². The van der Waals surface area contributed by atoms with Crippen molar-refractivity contribution in [2.45, 2.75) is 37.8 Å². The molecule has 2 rings (SSSR count). The van der Waals surface area contributed by atoms with Crippen LogP contribution in [0.5, 0.6) is 0 Å². The Bertz CT molecular complexity index is 410. The molecule has 1 aliphatic rings. The number of hydrogen-bond donors (Lipinski definition) is 1. The minimum atomic E-state index is -0.888. The van der Waals surface area contributed by atoms with Crippen molar-refractivity contribution >= 4 is 12.4 Å². The van der Waals surface area contributed by atoms with Crippen LogP contribution in [0.1, 0.15) is 31.2 Å². The Morgan fingerprint density at radius 2 is 1.94 bits per heavy atom. The largest absolute Gasteiger partial charge is 0.435 e. The minimum Gasteiger partial charge on any atom is -0.435 e. The third kappa shape index (κ3) is 3.09. The molecule has 1 saturated carbocycles. The van der Waals surface area contributed by atoms with Crippen LogP contribution in [0.25, 0.3) is 0 Å². The van der Waals surface area contributed by atoms with Gasteiger partial charge in [-0.2, -0.15) is 0 Å². The molecule has 1 amide bonds. The van der Waals surface area contributed by atoms with Crippen molar-refractivity contribution in [3.8, 4) is 0 Å². The summed E-state index contributed by atoms with van der Waals surface area (Å²) in [5.41, 5.74) is 0.113. The van der Waals surface area contributed by atoms with Gasteiger partial charge in [0.1, 0.15) is 0 Å². The zero-order chi connectivity index (χ0) is 12.8. The maximum atomic E-state index is 11.6. The van der Waals surface area contributed by atoms with Gasteiger partial charge in [-0.3, -0.25) is 4.79 Å². The van der Waals surface area contributed by atoms with E-state index in [1.165, 1.54) is 0 Å². The van der Waals surface area contributed by atoms with Crippen molar-refractivity contribution in [1.29, 1.82) is 0 Å². The third-order valence-corrected chi connectivity index (χ3v) is 3.24. The first kappa shape index (κ1) is 12.6. The Balaban J connectivity index is 1.83. The zero-order valence-electron chi connectivity index (χ0n) is 10.2. The molecule has 0 atom stereocenters. The van der Waals surface area contributed by atoms with Crippen LogP contribution < -0.4 is 5.32 Å². The van der Waals surface area contributed by atoms with Gasteiger partial charge in [-0.15, -0.1) is 0 Å². The molecule has 1 N–H and O–H groups in total. The lowest BCUT2D eigenvalue weighted by Crippen LogP contribution is -2.38. The van der Waals surface area contributed by atoms with E-state index >= 15 is 0 Å². The average Bonchev–Trinajstić information content (AvgIpc) is 2.87. The Kier molecular flexibility index (Phi) is 3.97. The maximum absolute atomic E-state index is 11.6. The van der Waals surface area contributed by atoms with E-state index in [-0.39, 0.29) is 0 Å². The van der Waals surface area contributed by atoms with Crippen molar-refractivity contribution in [3.05, 3.63) is 35.9 Å². The number of rotatable bonds is 4. The fraction of sp³-hybridized carbons (Fsp3) is 0.429. The van der Waals surface area contributed by atoms with Gasteiger partial charge >= 0.3 is 6.09 Å². The second-order valence-electron chi connectivity index (χ2n) is 4.62. The van der Waals surface area contributed by atoms with Crippen molar-refractivity contribution in [2.24, 2.45) is 0 Å². The second-order valence-corrected chi connectivity index (χ2v) is 4.62. The summed E-state index contributed by atoms with van der Waals surface area (Å²) in [6, 6.07) is 9.58. The molecule has 0 saturated heterocycles. The molecule has 0 radical (unpaired) electrons. The van der Waals surface area contributed by atoms with E-state index in [1.807, 2.05) is 30.3 Å². The highest BCUT2D eigenvalue weighted by atomic mass is 16.6. The third-order valence-electron chi connectivity index (χ3n) is 3.24. The number of ether oxygens (including phenoxy) is 1. The van der Waals surface area contributed by atoms with Crippen LogP contribution in [0.2, 0.25) is 0 Å². The quantitative estimate of drug-likeness (QED) is 0.831. The number of nitrogens with one attached hydrogen (secondary N) is 1. The summed E-state index contributed by atoms with van der Waals surface area (Å²) in [6.07, 6.45) is 3.38. The van der Waals surface area contributed by atoms with Crippen molar-refractivity contribution in [2.75, 3.05) is 0 Å². The zero-order valence-corrected chi connectivity index (χ0v) is 10.2. The van der Waals surface area contributed by atoms with Crippen LogP contribution in [0.4, 0.5) is 4.79 Å². The van der Waals surface area contributed by atoms with Gasteiger partial charge in [0.15, 0.2) is 11.9 Å². The van der Waals surface area contributed by atoms with Gasteiger partial charge < -0.3 is 10.1 Å². The highest BCUT2D eigenvalue weighted by Crippen LogP contribution is 2.31. The smallest absolute Gasteiger partial charge is 0.408 e. The second kappa shape index (κ2) is 5.67. The fourth-order valence-electron chi connectivity index (χ4n) is 2.21. The van der Waals surface area contributed by atoms with Crippen molar-refractivity contribution < 1.29 is 14.3 Å². The van der Waals surface area contributed by atoms with Gasteiger partial charge in [-0.05, 0) is 31.2 Å². The number of carbonyl (C=O) groups is 2. The topological polar surface area (TPSA) is 55.4 Å². The number of benzene rings is 1. The number of amides is 1. The van der Waals surface area contributed by atoms with E-state index in [0.717, 1.165) is 24.7 Å². The highest BCUT2D eigenvalue weighted by Gasteiger charge is 2.37. The predicted octanol–water partition coefficient (Wildman–Crippen LogP) is 2.42. The molecule has 4 nitrogen and oxygen atoms in total. The van der Waals surface area contributed by atoms with Gasteiger partial charge in [0.05, 0.1) is 0 Å². The molecule has 1 aromatic carbocycles. The van der Waals surface area contributed by atoms with Crippen LogP contribution in [0.15, 0.2) is 30.3 Å². The van der Waals surface area contributed by atoms with Gasteiger partial charge in [-0.1, -0.05) is 30.3 Å². The normalized spacial score (nSPS) is 17.1. The average molecular weight is 247 g/mol. The van der Waals surface area contributed by atoms with Crippen LogP contribution >= 0.6 is 0 Å². The Morgan fingerprint density at radius 3 is 2.56 bits per heavy atom. The molecule has 0 bridgehead atoms. The summed E-state index contributed by atoms with van der Waals surface area (Å²) in [6.45, 7) is 0.411. The summed E-state index contributed by atoms with van der Waals surface area (Å²) in [5.74, 6) is 0. The number of aldehydes is 1. The molecular formula is C14H17NO3. The molecule has 0 aliphatic heterocycles. The molecule has 1 fully saturated rings. The lowest BCUT2D eigenvalue weighted by molar-refractivity contribution is -0.123. The Morgan fingerprint density at radius 1 is 1.28 bits per heavy atom. The molecule has 0 spiro atoms. The summed E-state index contributed by atoms with van der Waals surface area (Å²) < 4.78 is 5.25. The van der Waals surface area contributed by atoms with E-state index in [4.69, 9.17) is 4.74 Å². The predicted molar refractivity (Wildman–Crippen MR) is 67.0 cm³/mol. The fourth-order valence-corrected chi connectivity index (χ4v) is 2.21. The van der Waals surface area contributed by atoms with Gasteiger partial charge in [0.25, 0.3) is 0 Å². The van der Waals surface area contributed by atoms with Gasteiger partial charge in [0, 0.05) is 6.54 Å². The number of hydrogen-bond acceptors (Lipinski definition) is 3. The van der Waals surface area contributed by atoms with E-state index in [1.54, 1.807) is 0 Å². The first-order chi connectivity index (χ1) is 8.74. The Hall–Kier alpha value is -1.84. The molecule has 1 aromatic rings. The molecule has 4 heteroatoms. The van der Waals surface area contributed by atoms with Gasteiger partial charge in [-0.25, -0.2) is 4.79 Å².